The number of amidine groups is 1. The summed E-state index contributed by atoms with van der Waals surface area (Å²) in [5.74, 6) is 1.91. The van der Waals surface area contributed by atoms with Gasteiger partial charge < -0.3 is 5.32 Å². The second-order valence-corrected chi connectivity index (χ2v) is 7.13. The third-order valence-corrected chi connectivity index (χ3v) is 5.88. The molecule has 2 aromatic rings. The Labute approximate surface area is 130 Å². The normalized spacial score (nSPS) is 25.6. The molecule has 2 aliphatic rings. The van der Waals surface area contributed by atoms with Crippen LogP contribution < -0.4 is 5.32 Å². The smallest absolute Gasteiger partial charge is 0.161 e. The van der Waals surface area contributed by atoms with E-state index in [-0.39, 0.29) is 0 Å². The van der Waals surface area contributed by atoms with Crippen LogP contribution in [-0.2, 0) is 0 Å². The first kappa shape index (κ1) is 12.9. The second kappa shape index (κ2) is 5.16. The lowest BCUT2D eigenvalue weighted by molar-refractivity contribution is 0.535. The van der Waals surface area contributed by atoms with Gasteiger partial charge in [0.15, 0.2) is 5.17 Å². The van der Waals surface area contributed by atoms with Crippen molar-refractivity contribution < 1.29 is 0 Å². The van der Waals surface area contributed by atoms with Crippen molar-refractivity contribution in [3.8, 4) is 0 Å². The van der Waals surface area contributed by atoms with E-state index in [0.29, 0.717) is 11.1 Å². The lowest BCUT2D eigenvalue weighted by Gasteiger charge is -2.23. The third kappa shape index (κ3) is 2.19. The molecule has 1 saturated carbocycles. The van der Waals surface area contributed by atoms with Crippen LogP contribution in [0.25, 0.3) is 11.0 Å². The van der Waals surface area contributed by atoms with Gasteiger partial charge in [-0.1, -0.05) is 29.8 Å². The number of benzene rings is 1. The number of aliphatic imine (C=N–C) groups is 1. The first-order valence-electron chi connectivity index (χ1n) is 6.69. The number of fused-ring (bicyclic) bond motifs is 2. The van der Waals surface area contributed by atoms with Crippen molar-refractivity contribution >= 4 is 57.0 Å². The van der Waals surface area contributed by atoms with E-state index in [9.17, 15) is 0 Å². The highest BCUT2D eigenvalue weighted by atomic mass is 35.5. The first-order valence-corrected chi connectivity index (χ1v) is 8.79. The predicted octanol–water partition coefficient (Wildman–Crippen LogP) is 4.03. The van der Waals surface area contributed by atoms with Crippen molar-refractivity contribution in [2.45, 2.75) is 25.3 Å². The van der Waals surface area contributed by atoms with Crippen LogP contribution in [0, 0.1) is 5.92 Å². The van der Waals surface area contributed by atoms with Crippen LogP contribution in [-0.4, -0.2) is 25.7 Å². The molecule has 0 saturated heterocycles. The number of thioether (sulfide) groups is 1. The summed E-state index contributed by atoms with van der Waals surface area (Å²) in [5, 5.41) is 5.01. The standard InChI is InChI=1S/C13H13ClN4S2/c14-8-4-5-10-12(18-20-17-10)11(8)16-13-15-9-3-1-2-7(9)6-19-13/h4-5,7,9H,1-3,6H2,(H,15,16). The molecule has 1 aromatic carbocycles. The molecular formula is C13H13ClN4S2. The molecule has 4 rings (SSSR count). The fourth-order valence-corrected chi connectivity index (χ4v) is 4.76. The Balaban J connectivity index is 1.67. The summed E-state index contributed by atoms with van der Waals surface area (Å²) in [6.45, 7) is 0. The average Bonchev–Trinajstić information content (AvgIpc) is 3.09. The summed E-state index contributed by atoms with van der Waals surface area (Å²) in [6.07, 6.45) is 3.84. The molecule has 0 bridgehead atoms. The Morgan fingerprint density at radius 3 is 3.15 bits per heavy atom. The Morgan fingerprint density at radius 2 is 2.20 bits per heavy atom. The van der Waals surface area contributed by atoms with Crippen molar-refractivity contribution in [2.75, 3.05) is 11.1 Å². The van der Waals surface area contributed by atoms with Gasteiger partial charge in [-0.2, -0.15) is 8.75 Å². The molecule has 2 unspecified atom stereocenters. The highest BCUT2D eigenvalue weighted by Crippen LogP contribution is 2.37. The highest BCUT2D eigenvalue weighted by Gasteiger charge is 2.31. The van der Waals surface area contributed by atoms with Crippen LogP contribution in [0.3, 0.4) is 0 Å². The number of hydrogen-bond acceptors (Lipinski definition) is 6. The van der Waals surface area contributed by atoms with Crippen LogP contribution in [0.1, 0.15) is 19.3 Å². The quantitative estimate of drug-likeness (QED) is 0.860. The van der Waals surface area contributed by atoms with Crippen molar-refractivity contribution in [1.29, 1.82) is 0 Å². The van der Waals surface area contributed by atoms with Gasteiger partial charge in [-0.05, 0) is 30.9 Å². The summed E-state index contributed by atoms with van der Waals surface area (Å²) in [4.78, 5) is 4.84. The van der Waals surface area contributed by atoms with E-state index in [2.05, 4.69) is 14.1 Å². The lowest BCUT2D eigenvalue weighted by atomic mass is 10.1. The molecular weight excluding hydrogens is 312 g/mol. The molecule has 1 aliphatic heterocycles. The van der Waals surface area contributed by atoms with E-state index in [1.165, 1.54) is 31.0 Å². The second-order valence-electron chi connectivity index (χ2n) is 5.18. The van der Waals surface area contributed by atoms with Crippen LogP contribution in [0.15, 0.2) is 17.1 Å². The van der Waals surface area contributed by atoms with Crippen molar-refractivity contribution in [3.63, 3.8) is 0 Å². The zero-order chi connectivity index (χ0) is 13.5. The highest BCUT2D eigenvalue weighted by molar-refractivity contribution is 8.14. The minimum atomic E-state index is 0.491. The van der Waals surface area contributed by atoms with Gasteiger partial charge in [-0.25, -0.2) is 0 Å². The van der Waals surface area contributed by atoms with Crippen molar-refractivity contribution in [3.05, 3.63) is 17.2 Å². The zero-order valence-electron chi connectivity index (χ0n) is 10.7. The molecule has 1 fully saturated rings. The third-order valence-electron chi connectivity index (χ3n) is 3.95. The Hall–Kier alpha value is -0.850. The number of halogens is 1. The first-order chi connectivity index (χ1) is 9.81. The summed E-state index contributed by atoms with van der Waals surface area (Å²) >= 11 is 9.30. The maximum atomic E-state index is 6.30. The molecule has 1 aliphatic carbocycles. The van der Waals surface area contributed by atoms with E-state index < -0.39 is 0 Å². The number of nitrogens with zero attached hydrogens (tertiary/aromatic N) is 3. The van der Waals surface area contributed by atoms with Gasteiger partial charge in [0.05, 0.1) is 28.5 Å². The maximum absolute atomic E-state index is 6.30. The topological polar surface area (TPSA) is 50.2 Å². The molecule has 20 heavy (non-hydrogen) atoms. The van der Waals surface area contributed by atoms with Gasteiger partial charge in [0.25, 0.3) is 0 Å². The Morgan fingerprint density at radius 1 is 1.25 bits per heavy atom. The fraction of sp³-hybridized carbons (Fsp3) is 0.462. The molecule has 7 heteroatoms. The van der Waals surface area contributed by atoms with Gasteiger partial charge in [-0.15, -0.1) is 0 Å². The molecule has 0 radical (unpaired) electrons. The Kier molecular flexibility index (Phi) is 3.32. The number of nitrogens with one attached hydrogen (secondary N) is 1. The molecule has 0 amide bonds. The minimum Gasteiger partial charge on any atom is -0.332 e. The monoisotopic (exact) mass is 324 g/mol. The van der Waals surface area contributed by atoms with Crippen LogP contribution in [0.2, 0.25) is 5.02 Å². The summed E-state index contributed by atoms with van der Waals surface area (Å²) in [6, 6.07) is 4.25. The van der Waals surface area contributed by atoms with E-state index >= 15 is 0 Å². The van der Waals surface area contributed by atoms with Gasteiger partial charge in [-0.3, -0.25) is 4.99 Å². The molecule has 4 nitrogen and oxygen atoms in total. The molecule has 104 valence electrons. The molecule has 0 spiro atoms. The van der Waals surface area contributed by atoms with E-state index in [1.807, 2.05) is 12.1 Å². The van der Waals surface area contributed by atoms with E-state index in [4.69, 9.17) is 16.6 Å². The SMILES string of the molecule is Clc1ccc2nsnc2c1NC1=NC2CCCC2CS1. The van der Waals surface area contributed by atoms with Gasteiger partial charge in [0.2, 0.25) is 0 Å². The van der Waals surface area contributed by atoms with Crippen LogP contribution >= 0.6 is 35.1 Å². The molecule has 1 N–H and O–H groups in total. The maximum Gasteiger partial charge on any atom is 0.161 e. The van der Waals surface area contributed by atoms with Crippen LogP contribution in [0.5, 0.6) is 0 Å². The zero-order valence-corrected chi connectivity index (χ0v) is 13.1. The van der Waals surface area contributed by atoms with Crippen LogP contribution in [0.4, 0.5) is 5.69 Å². The molecule has 2 heterocycles. The van der Waals surface area contributed by atoms with Crippen molar-refractivity contribution in [1.82, 2.24) is 8.75 Å². The Bertz CT molecular complexity index is 684. The predicted molar refractivity (Wildman–Crippen MR) is 87.1 cm³/mol. The summed E-state index contributed by atoms with van der Waals surface area (Å²) < 4.78 is 8.58. The van der Waals surface area contributed by atoms with Gasteiger partial charge >= 0.3 is 0 Å². The van der Waals surface area contributed by atoms with E-state index in [1.54, 1.807) is 11.8 Å². The van der Waals surface area contributed by atoms with Crippen molar-refractivity contribution in [2.24, 2.45) is 10.9 Å². The fourth-order valence-electron chi connectivity index (χ4n) is 2.88. The lowest BCUT2D eigenvalue weighted by Crippen LogP contribution is -2.25. The largest absolute Gasteiger partial charge is 0.332 e. The van der Waals surface area contributed by atoms with Gasteiger partial charge in [0.1, 0.15) is 11.0 Å². The number of anilines is 1. The summed E-state index contributed by atoms with van der Waals surface area (Å²) in [7, 11) is 0. The number of rotatable bonds is 1. The number of hydrogen-bond donors (Lipinski definition) is 1. The average molecular weight is 325 g/mol. The number of aromatic nitrogens is 2. The van der Waals surface area contributed by atoms with Gasteiger partial charge in [0, 0.05) is 5.75 Å². The van der Waals surface area contributed by atoms with E-state index in [0.717, 1.165) is 33.6 Å². The summed E-state index contributed by atoms with van der Waals surface area (Å²) in [5.41, 5.74) is 2.54. The molecule has 1 aromatic heterocycles. The minimum absolute atomic E-state index is 0.491. The molecule has 2 atom stereocenters.